The lowest BCUT2D eigenvalue weighted by Crippen LogP contribution is -2.40. The number of carbonyl (C=O) groups excluding carboxylic acids is 2. The number of hydrogen-bond donors (Lipinski definition) is 3. The number of carboxylic acid groups (broad SMARTS) is 1. The molecule has 2 atom stereocenters. The number of ether oxygens (including phenoxy) is 1. The largest absolute Gasteiger partial charge is 0.479 e. The number of nitrogens with zero attached hydrogens (tertiary/aromatic N) is 3. The van der Waals surface area contributed by atoms with Crippen molar-refractivity contribution in [3.8, 4) is 11.1 Å². The number of aliphatic carboxylic acids is 1. The van der Waals surface area contributed by atoms with Crippen molar-refractivity contribution in [2.75, 3.05) is 6.79 Å². The molecule has 0 fully saturated rings. The summed E-state index contributed by atoms with van der Waals surface area (Å²) in [4.78, 5) is 41.8. The second kappa shape index (κ2) is 12.8. The van der Waals surface area contributed by atoms with Crippen molar-refractivity contribution < 1.29 is 34.2 Å². The van der Waals surface area contributed by atoms with Crippen LogP contribution in [0.15, 0.2) is 60.7 Å². The lowest BCUT2D eigenvalue weighted by Gasteiger charge is -2.21. The maximum absolute atomic E-state index is 13.2. The molecule has 3 aromatic carbocycles. The van der Waals surface area contributed by atoms with E-state index in [1.54, 1.807) is 24.3 Å². The Hall–Kier alpha value is -4.19. The van der Waals surface area contributed by atoms with Crippen LogP contribution in [0.25, 0.3) is 22.2 Å². The summed E-state index contributed by atoms with van der Waals surface area (Å²) in [5.74, 6) is -2.50. The molecule has 1 heterocycles. The Morgan fingerprint density at radius 1 is 1.05 bits per heavy atom. The number of aliphatic hydroxyl groups is 1. The number of carboxylic acids is 1. The molecule has 0 aliphatic heterocycles. The van der Waals surface area contributed by atoms with Crippen molar-refractivity contribution in [2.45, 2.75) is 31.9 Å². The van der Waals surface area contributed by atoms with E-state index in [1.807, 2.05) is 24.3 Å². The molecular formula is C27H24Cl2N4O7. The number of aromatic nitrogens is 3. The molecule has 11 nitrogen and oxygen atoms in total. The maximum atomic E-state index is 13.2. The van der Waals surface area contributed by atoms with E-state index in [9.17, 15) is 24.6 Å². The second-order valence-electron chi connectivity index (χ2n) is 8.80. The number of benzene rings is 3. The first kappa shape index (κ1) is 28.8. The normalized spacial score (nSPS) is 12.5. The lowest BCUT2D eigenvalue weighted by molar-refractivity contribution is -0.154. The summed E-state index contributed by atoms with van der Waals surface area (Å²) in [6.45, 7) is 0.818. The van der Waals surface area contributed by atoms with Gasteiger partial charge in [0.15, 0.2) is 6.10 Å². The van der Waals surface area contributed by atoms with E-state index in [4.69, 9.17) is 32.8 Å². The number of aliphatic hydroxyl groups excluding tert-OH is 1. The number of fused-ring (bicyclic) bond motifs is 1. The summed E-state index contributed by atoms with van der Waals surface area (Å²) in [7, 11) is 0. The highest BCUT2D eigenvalue weighted by Crippen LogP contribution is 2.31. The topological polar surface area (TPSA) is 153 Å². The van der Waals surface area contributed by atoms with Crippen LogP contribution in [0.1, 0.15) is 29.3 Å². The standard InChI is InChI=1S/C27H24Cl2N4O7/c1-15(34)39-14-40-33-24-12-18(8-9-23(24)31-32-33)26(36)30-19(13-25(35)27(37)38)10-17-7-6-16(11-22(17)29)20-4-2-3-5-21(20)28/h2-9,11-12,19,25,35H,10,13-14H2,1H3,(H,30,36)(H,37,38)/t19-,25-/m1/s1. The van der Waals surface area contributed by atoms with E-state index in [-0.39, 0.29) is 18.4 Å². The molecule has 3 N–H and O–H groups in total. The van der Waals surface area contributed by atoms with Crippen LogP contribution >= 0.6 is 23.2 Å². The van der Waals surface area contributed by atoms with Gasteiger partial charge in [-0.15, -0.1) is 5.10 Å². The molecule has 0 radical (unpaired) electrons. The summed E-state index contributed by atoms with van der Waals surface area (Å²) in [5, 5.41) is 30.8. The number of nitrogens with one attached hydrogen (secondary N) is 1. The highest BCUT2D eigenvalue weighted by molar-refractivity contribution is 6.34. The number of esters is 1. The maximum Gasteiger partial charge on any atom is 0.332 e. The zero-order chi connectivity index (χ0) is 28.8. The molecule has 208 valence electrons. The van der Waals surface area contributed by atoms with E-state index in [1.165, 1.54) is 19.1 Å². The lowest BCUT2D eigenvalue weighted by atomic mass is 9.97. The summed E-state index contributed by atoms with van der Waals surface area (Å²) in [6, 6.07) is 16.4. The van der Waals surface area contributed by atoms with E-state index < -0.39 is 36.8 Å². The Morgan fingerprint density at radius 3 is 2.52 bits per heavy atom. The second-order valence-corrected chi connectivity index (χ2v) is 9.61. The third-order valence-electron chi connectivity index (χ3n) is 5.95. The van der Waals surface area contributed by atoms with Crippen LogP contribution in [0.2, 0.25) is 10.0 Å². The van der Waals surface area contributed by atoms with Gasteiger partial charge in [-0.2, -0.15) is 0 Å². The fourth-order valence-corrected chi connectivity index (χ4v) is 4.47. The zero-order valence-corrected chi connectivity index (χ0v) is 22.6. The minimum atomic E-state index is -1.71. The smallest absolute Gasteiger partial charge is 0.332 e. The van der Waals surface area contributed by atoms with Crippen molar-refractivity contribution in [1.82, 2.24) is 20.5 Å². The van der Waals surface area contributed by atoms with Crippen molar-refractivity contribution in [3.05, 3.63) is 81.8 Å². The first-order chi connectivity index (χ1) is 19.1. The molecule has 0 aliphatic rings. The van der Waals surface area contributed by atoms with Gasteiger partial charge in [-0.3, -0.25) is 9.59 Å². The van der Waals surface area contributed by atoms with Gasteiger partial charge in [0, 0.05) is 40.6 Å². The van der Waals surface area contributed by atoms with Gasteiger partial charge in [0.05, 0.1) is 0 Å². The molecule has 1 amide bonds. The molecule has 4 aromatic rings. The minimum absolute atomic E-state index is 0.144. The average molecular weight is 587 g/mol. The number of amides is 1. The molecule has 40 heavy (non-hydrogen) atoms. The molecule has 0 spiro atoms. The quantitative estimate of drug-likeness (QED) is 0.177. The van der Waals surface area contributed by atoms with Gasteiger partial charge in [0.2, 0.25) is 0 Å². The van der Waals surface area contributed by atoms with Crippen molar-refractivity contribution in [2.24, 2.45) is 0 Å². The summed E-state index contributed by atoms with van der Waals surface area (Å²) in [6.07, 6.45) is -1.84. The number of hydrogen-bond acceptors (Lipinski definition) is 8. The average Bonchev–Trinajstić information content (AvgIpc) is 3.32. The van der Waals surface area contributed by atoms with Gasteiger partial charge >= 0.3 is 11.9 Å². The fraction of sp³-hybridized carbons (Fsp3) is 0.222. The van der Waals surface area contributed by atoms with E-state index >= 15 is 0 Å². The molecule has 13 heteroatoms. The molecular weight excluding hydrogens is 563 g/mol. The Labute approximate surface area is 238 Å². The van der Waals surface area contributed by atoms with E-state index in [0.717, 1.165) is 16.0 Å². The molecule has 0 aliphatic carbocycles. The Bertz CT molecular complexity index is 1560. The number of halogens is 2. The van der Waals surface area contributed by atoms with Crippen molar-refractivity contribution in [1.29, 1.82) is 0 Å². The predicted molar refractivity (Wildman–Crippen MR) is 146 cm³/mol. The molecule has 0 unspecified atom stereocenters. The van der Waals surface area contributed by atoms with Crippen molar-refractivity contribution in [3.63, 3.8) is 0 Å². The fourth-order valence-electron chi connectivity index (χ4n) is 3.97. The predicted octanol–water partition coefficient (Wildman–Crippen LogP) is 3.53. The summed E-state index contributed by atoms with van der Waals surface area (Å²) >= 11 is 12.9. The third-order valence-corrected chi connectivity index (χ3v) is 6.63. The first-order valence-electron chi connectivity index (χ1n) is 12.0. The number of rotatable bonds is 11. The van der Waals surface area contributed by atoms with E-state index in [0.29, 0.717) is 26.6 Å². The molecule has 1 aromatic heterocycles. The summed E-state index contributed by atoms with van der Waals surface area (Å²) in [5.41, 5.74) is 3.17. The Balaban J connectivity index is 1.54. The third kappa shape index (κ3) is 7.06. The van der Waals surface area contributed by atoms with Gasteiger partial charge in [-0.25, -0.2) is 4.79 Å². The zero-order valence-electron chi connectivity index (χ0n) is 21.1. The Morgan fingerprint density at radius 2 is 1.82 bits per heavy atom. The van der Waals surface area contributed by atoms with Gasteiger partial charge < -0.3 is 25.1 Å². The van der Waals surface area contributed by atoms with Crippen LogP contribution in [0.3, 0.4) is 0 Å². The van der Waals surface area contributed by atoms with Crippen LogP contribution in [-0.2, 0) is 20.7 Å². The van der Waals surface area contributed by atoms with Gasteiger partial charge in [0.25, 0.3) is 12.7 Å². The van der Waals surface area contributed by atoms with Crippen LogP contribution in [0, 0.1) is 0 Å². The first-order valence-corrected chi connectivity index (χ1v) is 12.7. The summed E-state index contributed by atoms with van der Waals surface area (Å²) < 4.78 is 4.74. The molecule has 0 saturated heterocycles. The molecule has 0 saturated carbocycles. The highest BCUT2D eigenvalue weighted by Gasteiger charge is 2.24. The van der Waals surface area contributed by atoms with Crippen LogP contribution in [0.4, 0.5) is 0 Å². The SMILES string of the molecule is CC(=O)OCOn1nnc2ccc(C(=O)N[C@H](Cc3ccc(-c4ccccc4Cl)cc3Cl)C[C@@H](O)C(=O)O)cc21. The minimum Gasteiger partial charge on any atom is -0.479 e. The Kier molecular flexibility index (Phi) is 9.20. The van der Waals surface area contributed by atoms with Gasteiger partial charge in [-0.05, 0) is 53.1 Å². The van der Waals surface area contributed by atoms with Crippen molar-refractivity contribution >= 4 is 52.1 Å². The van der Waals surface area contributed by atoms with E-state index in [2.05, 4.69) is 15.6 Å². The van der Waals surface area contributed by atoms with Crippen LogP contribution < -0.4 is 10.2 Å². The highest BCUT2D eigenvalue weighted by atomic mass is 35.5. The van der Waals surface area contributed by atoms with Crippen LogP contribution in [0.5, 0.6) is 0 Å². The number of carbonyl (C=O) groups is 3. The van der Waals surface area contributed by atoms with Gasteiger partial charge in [0.1, 0.15) is 11.0 Å². The van der Waals surface area contributed by atoms with Crippen LogP contribution in [-0.4, -0.2) is 62.2 Å². The molecule has 0 bridgehead atoms. The monoisotopic (exact) mass is 586 g/mol. The van der Waals surface area contributed by atoms with Gasteiger partial charge in [-0.1, -0.05) is 58.4 Å². The molecule has 4 rings (SSSR count).